The highest BCUT2D eigenvalue weighted by molar-refractivity contribution is 5.96. The molecule has 0 aliphatic rings. The maximum absolute atomic E-state index is 11.7. The molecule has 0 saturated heterocycles. The van der Waals surface area contributed by atoms with Gasteiger partial charge in [-0.25, -0.2) is 9.78 Å². The molecule has 1 aromatic heterocycles. The SMILES string of the molecule is CC(C)CC(NC(=O)c1ccc[nH+]c1)C(=O)O.[Cl-]. The van der Waals surface area contributed by atoms with Gasteiger partial charge in [0.1, 0.15) is 11.6 Å². The maximum Gasteiger partial charge on any atom is 0.326 e. The van der Waals surface area contributed by atoms with Gasteiger partial charge in [0.2, 0.25) is 0 Å². The van der Waals surface area contributed by atoms with Gasteiger partial charge in [-0.15, -0.1) is 0 Å². The third-order valence-corrected chi connectivity index (χ3v) is 2.28. The summed E-state index contributed by atoms with van der Waals surface area (Å²) in [7, 11) is 0. The van der Waals surface area contributed by atoms with Crippen molar-refractivity contribution < 1.29 is 32.1 Å². The van der Waals surface area contributed by atoms with E-state index in [1.807, 2.05) is 13.8 Å². The quantitative estimate of drug-likeness (QED) is 0.635. The maximum atomic E-state index is 11.7. The molecule has 1 heterocycles. The monoisotopic (exact) mass is 272 g/mol. The van der Waals surface area contributed by atoms with Gasteiger partial charge in [-0.1, -0.05) is 13.8 Å². The van der Waals surface area contributed by atoms with Gasteiger partial charge in [0.05, 0.1) is 0 Å². The fourth-order valence-electron chi connectivity index (χ4n) is 1.47. The molecule has 6 heteroatoms. The van der Waals surface area contributed by atoms with Crippen LogP contribution in [0.5, 0.6) is 0 Å². The van der Waals surface area contributed by atoms with E-state index in [0.717, 1.165) is 0 Å². The first kappa shape index (κ1) is 16.4. The van der Waals surface area contributed by atoms with Crippen molar-refractivity contribution >= 4 is 11.9 Å². The number of halogens is 1. The Labute approximate surface area is 112 Å². The molecule has 0 bridgehead atoms. The van der Waals surface area contributed by atoms with Crippen molar-refractivity contribution in [2.24, 2.45) is 5.92 Å². The van der Waals surface area contributed by atoms with Crippen molar-refractivity contribution in [1.82, 2.24) is 5.32 Å². The third kappa shape index (κ3) is 5.14. The van der Waals surface area contributed by atoms with Crippen LogP contribution in [0.15, 0.2) is 24.5 Å². The summed E-state index contributed by atoms with van der Waals surface area (Å²) < 4.78 is 0. The zero-order valence-electron chi connectivity index (χ0n) is 10.3. The molecule has 5 nitrogen and oxygen atoms in total. The molecular weight excluding hydrogens is 256 g/mol. The molecule has 3 N–H and O–H groups in total. The highest BCUT2D eigenvalue weighted by Crippen LogP contribution is 2.06. The fourth-order valence-corrected chi connectivity index (χ4v) is 1.47. The van der Waals surface area contributed by atoms with Gasteiger partial charge in [0.15, 0.2) is 12.4 Å². The Balaban J connectivity index is 0.00000289. The van der Waals surface area contributed by atoms with E-state index in [2.05, 4.69) is 10.3 Å². The second kappa shape index (κ2) is 7.66. The molecule has 100 valence electrons. The second-order valence-corrected chi connectivity index (χ2v) is 4.29. The van der Waals surface area contributed by atoms with Crippen molar-refractivity contribution in [3.63, 3.8) is 0 Å². The Bertz CT molecular complexity index is 396. The predicted molar refractivity (Wildman–Crippen MR) is 61.3 cm³/mol. The van der Waals surface area contributed by atoms with E-state index >= 15 is 0 Å². The number of carboxylic acid groups (broad SMARTS) is 1. The molecule has 0 aliphatic carbocycles. The number of hydrogen-bond donors (Lipinski definition) is 2. The lowest BCUT2D eigenvalue weighted by Gasteiger charge is -2.15. The number of rotatable bonds is 5. The molecule has 1 unspecified atom stereocenters. The van der Waals surface area contributed by atoms with Crippen LogP contribution in [0.3, 0.4) is 0 Å². The zero-order chi connectivity index (χ0) is 12.8. The number of carbonyl (C=O) groups excluding carboxylic acids is 1. The summed E-state index contributed by atoms with van der Waals surface area (Å²) in [4.78, 5) is 25.5. The Morgan fingerprint density at radius 2 is 2.11 bits per heavy atom. The van der Waals surface area contributed by atoms with Crippen LogP contribution in [0.25, 0.3) is 0 Å². The summed E-state index contributed by atoms with van der Waals surface area (Å²) in [6.45, 7) is 3.83. The number of carboxylic acids is 1. The smallest absolute Gasteiger partial charge is 0.326 e. The van der Waals surface area contributed by atoms with Crippen LogP contribution in [-0.4, -0.2) is 23.0 Å². The Morgan fingerprint density at radius 3 is 2.56 bits per heavy atom. The number of aromatic amines is 1. The first-order valence-corrected chi connectivity index (χ1v) is 5.50. The number of nitrogens with one attached hydrogen (secondary N) is 2. The summed E-state index contributed by atoms with van der Waals surface area (Å²) in [5.41, 5.74) is 0.419. The highest BCUT2D eigenvalue weighted by Gasteiger charge is 2.22. The average molecular weight is 273 g/mol. The molecule has 18 heavy (non-hydrogen) atoms. The van der Waals surface area contributed by atoms with Crippen LogP contribution in [0.1, 0.15) is 30.6 Å². The fraction of sp³-hybridized carbons (Fsp3) is 0.417. The van der Waals surface area contributed by atoms with Gasteiger partial charge in [-0.05, 0) is 18.4 Å². The average Bonchev–Trinajstić information content (AvgIpc) is 2.28. The summed E-state index contributed by atoms with van der Waals surface area (Å²) >= 11 is 0. The van der Waals surface area contributed by atoms with E-state index in [1.54, 1.807) is 18.3 Å². The molecule has 1 aromatic rings. The molecule has 0 aliphatic heterocycles. The van der Waals surface area contributed by atoms with Crippen LogP contribution < -0.4 is 22.7 Å². The number of aliphatic carboxylic acids is 1. The molecule has 0 aromatic carbocycles. The number of carbonyl (C=O) groups is 2. The molecule has 1 atom stereocenters. The Hall–Kier alpha value is -1.62. The highest BCUT2D eigenvalue weighted by atomic mass is 35.5. The van der Waals surface area contributed by atoms with E-state index in [0.29, 0.717) is 12.0 Å². The van der Waals surface area contributed by atoms with Gasteiger partial charge in [0, 0.05) is 6.07 Å². The molecular formula is C12H17ClN2O3. The molecule has 0 spiro atoms. The van der Waals surface area contributed by atoms with Gasteiger partial charge in [-0.3, -0.25) is 4.79 Å². The van der Waals surface area contributed by atoms with Crippen LogP contribution >= 0.6 is 0 Å². The van der Waals surface area contributed by atoms with Crippen molar-refractivity contribution in [3.05, 3.63) is 30.1 Å². The standard InChI is InChI=1S/C12H16N2O3.ClH/c1-8(2)6-10(12(16)17)14-11(15)9-4-3-5-13-7-9;/h3-5,7-8,10H,6H2,1-2H3,(H,14,15)(H,16,17);1H. The van der Waals surface area contributed by atoms with E-state index in [9.17, 15) is 9.59 Å². The molecule has 1 amide bonds. The second-order valence-electron chi connectivity index (χ2n) is 4.29. The predicted octanol–water partition coefficient (Wildman–Crippen LogP) is -2.27. The first-order chi connectivity index (χ1) is 8.00. The summed E-state index contributed by atoms with van der Waals surface area (Å²) in [5.74, 6) is -1.18. The normalized spacial score (nSPS) is 11.5. The summed E-state index contributed by atoms with van der Waals surface area (Å²) in [6, 6.07) is 2.47. The minimum Gasteiger partial charge on any atom is -1.00 e. The van der Waals surface area contributed by atoms with Crippen LogP contribution in [0.2, 0.25) is 0 Å². The summed E-state index contributed by atoms with van der Waals surface area (Å²) in [5, 5.41) is 11.5. The molecule has 0 fully saturated rings. The van der Waals surface area contributed by atoms with Gasteiger partial charge in [0.25, 0.3) is 5.91 Å². The van der Waals surface area contributed by atoms with E-state index in [1.165, 1.54) is 6.20 Å². The topological polar surface area (TPSA) is 80.5 Å². The molecule has 1 rings (SSSR count). The van der Waals surface area contributed by atoms with Gasteiger partial charge >= 0.3 is 5.97 Å². The summed E-state index contributed by atoms with van der Waals surface area (Å²) in [6.07, 6.45) is 3.63. The molecule has 0 saturated carbocycles. The van der Waals surface area contributed by atoms with Crippen LogP contribution in [-0.2, 0) is 4.79 Å². The Morgan fingerprint density at radius 1 is 1.44 bits per heavy atom. The minimum atomic E-state index is -1.01. The van der Waals surface area contributed by atoms with Crippen LogP contribution in [0, 0.1) is 5.92 Å². The lowest BCUT2D eigenvalue weighted by atomic mass is 10.0. The largest absolute Gasteiger partial charge is 1.00 e. The number of pyridine rings is 1. The van der Waals surface area contributed by atoms with Crippen molar-refractivity contribution in [1.29, 1.82) is 0 Å². The number of aromatic nitrogens is 1. The van der Waals surface area contributed by atoms with E-state index in [4.69, 9.17) is 5.11 Å². The van der Waals surface area contributed by atoms with Crippen molar-refractivity contribution in [2.75, 3.05) is 0 Å². The molecule has 0 radical (unpaired) electrons. The van der Waals surface area contributed by atoms with Crippen LogP contribution in [0.4, 0.5) is 0 Å². The third-order valence-electron chi connectivity index (χ3n) is 2.28. The minimum absolute atomic E-state index is 0. The lowest BCUT2D eigenvalue weighted by molar-refractivity contribution is -0.378. The van der Waals surface area contributed by atoms with E-state index in [-0.39, 0.29) is 24.2 Å². The zero-order valence-corrected chi connectivity index (χ0v) is 11.1. The van der Waals surface area contributed by atoms with Gasteiger partial charge in [-0.2, -0.15) is 0 Å². The Kier molecular flexibility index (Phi) is 6.97. The van der Waals surface area contributed by atoms with Crippen molar-refractivity contribution in [3.8, 4) is 0 Å². The van der Waals surface area contributed by atoms with Gasteiger partial charge < -0.3 is 22.8 Å². The lowest BCUT2D eigenvalue weighted by Crippen LogP contribution is -3.00. The number of H-pyrrole nitrogens is 1. The first-order valence-electron chi connectivity index (χ1n) is 5.50. The number of hydrogen-bond acceptors (Lipinski definition) is 2. The van der Waals surface area contributed by atoms with Crippen molar-refractivity contribution in [2.45, 2.75) is 26.3 Å². The number of amides is 1. The van der Waals surface area contributed by atoms with E-state index < -0.39 is 12.0 Å².